The molecule has 0 amide bonds. The molecule has 3 aromatic rings. The summed E-state index contributed by atoms with van der Waals surface area (Å²) in [6.45, 7) is 5.26. The van der Waals surface area contributed by atoms with Crippen molar-refractivity contribution in [3.05, 3.63) is 58.3 Å². The number of methoxy groups -OCH3 is 2. The van der Waals surface area contributed by atoms with Crippen LogP contribution in [-0.2, 0) is 6.42 Å². The van der Waals surface area contributed by atoms with Crippen molar-refractivity contribution in [2.24, 2.45) is 0 Å². The molecule has 25 heavy (non-hydrogen) atoms. The predicted molar refractivity (Wildman–Crippen MR) is 101 cm³/mol. The summed E-state index contributed by atoms with van der Waals surface area (Å²) >= 11 is 0. The standard InChI is InChI=1S/C21H24N2O2/c1-12-13(2)19(25-4)8-6-15(12)20-21-16(9-10-22-20)17-11-14(24-3)5-7-18(17)23-21/h5-8,11,20,22-23H,9-10H2,1-4H3. The highest BCUT2D eigenvalue weighted by atomic mass is 16.5. The van der Waals surface area contributed by atoms with Gasteiger partial charge in [-0.2, -0.15) is 0 Å². The first-order valence-electron chi connectivity index (χ1n) is 8.70. The topological polar surface area (TPSA) is 46.3 Å². The fraction of sp³-hybridized carbons (Fsp3) is 0.333. The second kappa shape index (κ2) is 6.12. The lowest BCUT2D eigenvalue weighted by Crippen LogP contribution is -2.31. The quantitative estimate of drug-likeness (QED) is 0.759. The van der Waals surface area contributed by atoms with Crippen LogP contribution in [0.15, 0.2) is 30.3 Å². The molecule has 1 aliphatic heterocycles. The van der Waals surface area contributed by atoms with Crippen molar-refractivity contribution in [2.45, 2.75) is 26.3 Å². The highest BCUT2D eigenvalue weighted by molar-refractivity contribution is 5.86. The van der Waals surface area contributed by atoms with Crippen molar-refractivity contribution in [3.63, 3.8) is 0 Å². The van der Waals surface area contributed by atoms with Crippen LogP contribution in [-0.4, -0.2) is 25.7 Å². The fourth-order valence-electron chi connectivity index (χ4n) is 3.95. The van der Waals surface area contributed by atoms with Gasteiger partial charge in [0.05, 0.1) is 20.3 Å². The number of aromatic nitrogens is 1. The van der Waals surface area contributed by atoms with E-state index in [1.54, 1.807) is 14.2 Å². The smallest absolute Gasteiger partial charge is 0.122 e. The van der Waals surface area contributed by atoms with E-state index in [1.165, 1.54) is 38.9 Å². The van der Waals surface area contributed by atoms with E-state index in [2.05, 4.69) is 48.4 Å². The Kier molecular flexibility index (Phi) is 3.92. The molecule has 1 aromatic heterocycles. The van der Waals surface area contributed by atoms with Gasteiger partial charge in [0.15, 0.2) is 0 Å². The summed E-state index contributed by atoms with van der Waals surface area (Å²) in [4.78, 5) is 3.64. The van der Waals surface area contributed by atoms with E-state index in [-0.39, 0.29) is 6.04 Å². The van der Waals surface area contributed by atoms with Crippen LogP contribution in [0.3, 0.4) is 0 Å². The van der Waals surface area contributed by atoms with E-state index < -0.39 is 0 Å². The molecule has 2 heterocycles. The van der Waals surface area contributed by atoms with Crippen molar-refractivity contribution in [3.8, 4) is 11.5 Å². The lowest BCUT2D eigenvalue weighted by Gasteiger charge is -2.27. The molecule has 4 rings (SSSR count). The van der Waals surface area contributed by atoms with Crippen molar-refractivity contribution in [2.75, 3.05) is 20.8 Å². The maximum atomic E-state index is 5.47. The van der Waals surface area contributed by atoms with Gasteiger partial charge in [-0.15, -0.1) is 0 Å². The molecule has 0 fully saturated rings. The molecule has 2 aromatic carbocycles. The van der Waals surface area contributed by atoms with Gasteiger partial charge < -0.3 is 19.8 Å². The van der Waals surface area contributed by atoms with Crippen LogP contribution in [0.2, 0.25) is 0 Å². The highest BCUT2D eigenvalue weighted by Gasteiger charge is 2.27. The lowest BCUT2D eigenvalue weighted by molar-refractivity contribution is 0.410. The minimum atomic E-state index is 0.173. The third-order valence-electron chi connectivity index (χ3n) is 5.47. The maximum absolute atomic E-state index is 5.47. The molecule has 4 nitrogen and oxygen atoms in total. The zero-order valence-corrected chi connectivity index (χ0v) is 15.2. The number of ether oxygens (including phenoxy) is 2. The van der Waals surface area contributed by atoms with Gasteiger partial charge in [0.2, 0.25) is 0 Å². The van der Waals surface area contributed by atoms with E-state index in [4.69, 9.17) is 9.47 Å². The lowest BCUT2D eigenvalue weighted by atomic mass is 9.90. The Morgan fingerprint density at radius 1 is 1.00 bits per heavy atom. The normalized spacial score (nSPS) is 16.7. The SMILES string of the molecule is COc1ccc2[nH]c3c(c2c1)CCNC3c1ccc(OC)c(C)c1C. The molecule has 130 valence electrons. The second-order valence-corrected chi connectivity index (χ2v) is 6.67. The van der Waals surface area contributed by atoms with E-state index in [0.29, 0.717) is 0 Å². The maximum Gasteiger partial charge on any atom is 0.122 e. The molecule has 0 spiro atoms. The number of aromatic amines is 1. The van der Waals surface area contributed by atoms with Gasteiger partial charge in [-0.05, 0) is 66.8 Å². The van der Waals surface area contributed by atoms with Gasteiger partial charge in [-0.3, -0.25) is 0 Å². The van der Waals surface area contributed by atoms with Crippen molar-refractivity contribution in [1.29, 1.82) is 0 Å². The van der Waals surface area contributed by atoms with E-state index >= 15 is 0 Å². The number of benzene rings is 2. The third kappa shape index (κ3) is 2.48. The summed E-state index contributed by atoms with van der Waals surface area (Å²) in [5.74, 6) is 1.85. The summed E-state index contributed by atoms with van der Waals surface area (Å²) in [5, 5.41) is 4.95. The Morgan fingerprint density at radius 2 is 1.84 bits per heavy atom. The van der Waals surface area contributed by atoms with Gasteiger partial charge in [0.25, 0.3) is 0 Å². The first-order valence-corrected chi connectivity index (χ1v) is 8.70. The average molecular weight is 336 g/mol. The van der Waals surface area contributed by atoms with Crippen molar-refractivity contribution in [1.82, 2.24) is 10.3 Å². The van der Waals surface area contributed by atoms with Crippen LogP contribution in [0, 0.1) is 13.8 Å². The average Bonchev–Trinajstić information content (AvgIpc) is 3.02. The molecule has 4 heteroatoms. The summed E-state index contributed by atoms with van der Waals surface area (Å²) in [5.41, 5.74) is 7.61. The van der Waals surface area contributed by atoms with Gasteiger partial charge >= 0.3 is 0 Å². The zero-order valence-electron chi connectivity index (χ0n) is 15.2. The molecule has 0 radical (unpaired) electrons. The number of rotatable bonds is 3. The van der Waals surface area contributed by atoms with Crippen LogP contribution >= 0.6 is 0 Å². The third-order valence-corrected chi connectivity index (χ3v) is 5.47. The Hall–Kier alpha value is -2.46. The Morgan fingerprint density at radius 3 is 2.60 bits per heavy atom. The van der Waals surface area contributed by atoms with Crippen molar-refractivity contribution >= 4 is 10.9 Å². The molecule has 0 aliphatic carbocycles. The number of nitrogens with one attached hydrogen (secondary N) is 2. The van der Waals surface area contributed by atoms with Gasteiger partial charge in [-0.1, -0.05) is 6.07 Å². The number of hydrogen-bond donors (Lipinski definition) is 2. The van der Waals surface area contributed by atoms with Gasteiger partial charge in [0, 0.05) is 23.1 Å². The first-order chi connectivity index (χ1) is 12.1. The Labute approximate surface area is 148 Å². The summed E-state index contributed by atoms with van der Waals surface area (Å²) in [7, 11) is 3.44. The molecule has 2 N–H and O–H groups in total. The fourth-order valence-corrected chi connectivity index (χ4v) is 3.95. The van der Waals surface area contributed by atoms with E-state index in [0.717, 1.165) is 24.5 Å². The highest BCUT2D eigenvalue weighted by Crippen LogP contribution is 2.37. The van der Waals surface area contributed by atoms with Gasteiger partial charge in [0.1, 0.15) is 11.5 Å². The molecule has 0 bridgehead atoms. The Bertz CT molecular complexity index is 943. The van der Waals surface area contributed by atoms with Crippen LogP contribution in [0.5, 0.6) is 11.5 Å². The van der Waals surface area contributed by atoms with Crippen molar-refractivity contribution < 1.29 is 9.47 Å². The van der Waals surface area contributed by atoms with Crippen LogP contribution in [0.25, 0.3) is 10.9 Å². The molecule has 1 unspecified atom stereocenters. The molecular formula is C21H24N2O2. The van der Waals surface area contributed by atoms with Gasteiger partial charge in [-0.25, -0.2) is 0 Å². The van der Waals surface area contributed by atoms with E-state index in [1.807, 2.05) is 6.07 Å². The summed E-state index contributed by atoms with van der Waals surface area (Å²) in [6, 6.07) is 10.7. The summed E-state index contributed by atoms with van der Waals surface area (Å²) in [6.07, 6.45) is 1.02. The second-order valence-electron chi connectivity index (χ2n) is 6.67. The minimum absolute atomic E-state index is 0.173. The molecule has 1 atom stereocenters. The van der Waals surface area contributed by atoms with Crippen LogP contribution in [0.1, 0.15) is 34.0 Å². The number of H-pyrrole nitrogens is 1. The molecule has 1 aliphatic rings. The first kappa shape index (κ1) is 16.0. The monoisotopic (exact) mass is 336 g/mol. The predicted octanol–water partition coefficient (Wildman–Crippen LogP) is 4.04. The molecule has 0 saturated carbocycles. The minimum Gasteiger partial charge on any atom is -0.497 e. The molecular weight excluding hydrogens is 312 g/mol. The number of fused-ring (bicyclic) bond motifs is 3. The zero-order chi connectivity index (χ0) is 17.6. The Balaban J connectivity index is 1.86. The largest absolute Gasteiger partial charge is 0.497 e. The van der Waals surface area contributed by atoms with E-state index in [9.17, 15) is 0 Å². The van der Waals surface area contributed by atoms with Crippen LogP contribution in [0.4, 0.5) is 0 Å². The van der Waals surface area contributed by atoms with Crippen LogP contribution < -0.4 is 14.8 Å². The summed E-state index contributed by atoms with van der Waals surface area (Å²) < 4.78 is 10.9. The molecule has 0 saturated heterocycles. The number of hydrogen-bond acceptors (Lipinski definition) is 3.